The van der Waals surface area contributed by atoms with E-state index < -0.39 is 5.79 Å². The molecule has 3 heterocycles. The first-order chi connectivity index (χ1) is 13.1. The smallest absolute Gasteiger partial charge is 0.241 e. The van der Waals surface area contributed by atoms with Gasteiger partial charge in [-0.05, 0) is 38.1 Å². The highest BCUT2D eigenvalue weighted by molar-refractivity contribution is 5.95. The Hall–Kier alpha value is -1.63. The van der Waals surface area contributed by atoms with Gasteiger partial charge in [0.25, 0.3) is 0 Å². The van der Waals surface area contributed by atoms with Crippen molar-refractivity contribution < 1.29 is 14.3 Å². The Morgan fingerprint density at radius 2 is 1.93 bits per heavy atom. The maximum Gasteiger partial charge on any atom is 0.241 e. The van der Waals surface area contributed by atoms with Gasteiger partial charge in [0.05, 0.1) is 13.2 Å². The fraction of sp³-hybridized carbons (Fsp3) is 0.667. The maximum absolute atomic E-state index is 12.3. The summed E-state index contributed by atoms with van der Waals surface area (Å²) in [5, 5.41) is 0. The van der Waals surface area contributed by atoms with E-state index in [-0.39, 0.29) is 5.91 Å². The number of amides is 1. The first-order valence-corrected chi connectivity index (χ1v) is 10.3. The van der Waals surface area contributed by atoms with Crippen molar-refractivity contribution in [2.45, 2.75) is 50.5 Å². The number of hydrogen-bond acceptors (Lipinski definition) is 5. The van der Waals surface area contributed by atoms with Crippen molar-refractivity contribution in [3.05, 3.63) is 23.8 Å². The number of fused-ring (bicyclic) bond motifs is 1. The molecule has 1 aromatic rings. The van der Waals surface area contributed by atoms with E-state index in [1.54, 1.807) is 0 Å². The van der Waals surface area contributed by atoms with Gasteiger partial charge in [0, 0.05) is 56.3 Å². The Morgan fingerprint density at radius 1 is 1.11 bits per heavy atom. The summed E-state index contributed by atoms with van der Waals surface area (Å²) >= 11 is 0. The lowest BCUT2D eigenvalue weighted by molar-refractivity contribution is -0.231. The van der Waals surface area contributed by atoms with E-state index in [1.807, 2.05) is 24.1 Å². The Labute approximate surface area is 161 Å². The van der Waals surface area contributed by atoms with Crippen LogP contribution in [-0.2, 0) is 16.1 Å². The molecule has 0 aromatic heterocycles. The topological polar surface area (TPSA) is 45.2 Å². The average molecular weight is 371 g/mol. The second-order valence-corrected chi connectivity index (χ2v) is 8.50. The van der Waals surface area contributed by atoms with E-state index in [9.17, 15) is 4.79 Å². The summed E-state index contributed by atoms with van der Waals surface area (Å²) in [4.78, 5) is 18.9. The van der Waals surface area contributed by atoms with Gasteiger partial charge in [-0.2, -0.15) is 0 Å². The highest BCUT2D eigenvalue weighted by Crippen LogP contribution is 2.40. The number of carbonyl (C=O) groups excluding carboxylic acids is 1. The number of likely N-dealkylation sites (N-methyl/N-ethyl adjacent to an activating group) is 1. The molecule has 5 rings (SSSR count). The molecule has 3 aliphatic heterocycles. The number of benzene rings is 1. The lowest BCUT2D eigenvalue weighted by Gasteiger charge is -2.47. The summed E-state index contributed by atoms with van der Waals surface area (Å²) in [6.45, 7) is 4.80. The van der Waals surface area contributed by atoms with Gasteiger partial charge in [0.1, 0.15) is 5.75 Å². The van der Waals surface area contributed by atoms with Crippen molar-refractivity contribution in [2.75, 3.05) is 44.7 Å². The molecule has 27 heavy (non-hydrogen) atoms. The Bertz CT molecular complexity index is 725. The summed E-state index contributed by atoms with van der Waals surface area (Å²) in [7, 11) is 1.99. The normalized spacial score (nSPS) is 26.6. The summed E-state index contributed by atoms with van der Waals surface area (Å²) < 4.78 is 12.6. The van der Waals surface area contributed by atoms with Crippen LogP contribution in [0.3, 0.4) is 0 Å². The molecule has 2 saturated heterocycles. The van der Waals surface area contributed by atoms with Gasteiger partial charge in [0.2, 0.25) is 11.7 Å². The van der Waals surface area contributed by atoms with Gasteiger partial charge in [-0.15, -0.1) is 0 Å². The van der Waals surface area contributed by atoms with E-state index in [0.717, 1.165) is 62.1 Å². The predicted molar refractivity (Wildman–Crippen MR) is 103 cm³/mol. The molecule has 0 unspecified atom stereocenters. The van der Waals surface area contributed by atoms with Crippen LogP contribution in [0.25, 0.3) is 0 Å². The second-order valence-electron chi connectivity index (χ2n) is 8.50. The van der Waals surface area contributed by atoms with Gasteiger partial charge in [-0.25, -0.2) is 0 Å². The Morgan fingerprint density at radius 3 is 2.63 bits per heavy atom. The van der Waals surface area contributed by atoms with Crippen molar-refractivity contribution in [1.82, 2.24) is 9.80 Å². The highest BCUT2D eigenvalue weighted by atomic mass is 16.7. The van der Waals surface area contributed by atoms with Crippen LogP contribution in [0, 0.1) is 0 Å². The number of likely N-dealkylation sites (tertiary alicyclic amines) is 1. The van der Waals surface area contributed by atoms with Crippen LogP contribution in [0.1, 0.15) is 37.7 Å². The summed E-state index contributed by atoms with van der Waals surface area (Å²) in [6, 6.07) is 6.90. The summed E-state index contributed by atoms with van der Waals surface area (Å²) in [6.07, 6.45) is 5.95. The SMILES string of the molecule is CN1CCN(c2ccc3c(c2)COC2(CCN(C4CCC4)CC2)O3)C(=O)C1. The summed E-state index contributed by atoms with van der Waals surface area (Å²) in [5.41, 5.74) is 2.00. The third kappa shape index (κ3) is 3.24. The van der Waals surface area contributed by atoms with Crippen LogP contribution in [-0.4, -0.2) is 67.3 Å². The first-order valence-electron chi connectivity index (χ1n) is 10.3. The largest absolute Gasteiger partial charge is 0.462 e. The molecule has 1 spiro atoms. The van der Waals surface area contributed by atoms with E-state index >= 15 is 0 Å². The minimum Gasteiger partial charge on any atom is -0.462 e. The number of carbonyl (C=O) groups is 1. The monoisotopic (exact) mass is 371 g/mol. The fourth-order valence-electron chi connectivity index (χ4n) is 4.68. The van der Waals surface area contributed by atoms with Crippen LogP contribution in [0.4, 0.5) is 5.69 Å². The number of piperazine rings is 1. The van der Waals surface area contributed by atoms with Crippen LogP contribution < -0.4 is 9.64 Å². The minimum absolute atomic E-state index is 0.154. The molecule has 0 N–H and O–H groups in total. The van der Waals surface area contributed by atoms with Gasteiger partial charge in [0.15, 0.2) is 0 Å². The summed E-state index contributed by atoms with van der Waals surface area (Å²) in [5.74, 6) is 0.614. The molecular formula is C21H29N3O3. The van der Waals surface area contributed by atoms with Crippen LogP contribution in [0.2, 0.25) is 0 Å². The van der Waals surface area contributed by atoms with Gasteiger partial charge in [-0.1, -0.05) is 6.42 Å². The lowest BCUT2D eigenvalue weighted by Crippen LogP contribution is -2.54. The van der Waals surface area contributed by atoms with Crippen molar-refractivity contribution in [3.63, 3.8) is 0 Å². The molecule has 6 nitrogen and oxygen atoms in total. The minimum atomic E-state index is -0.460. The third-order valence-corrected chi connectivity index (χ3v) is 6.70. The van der Waals surface area contributed by atoms with E-state index in [1.165, 1.54) is 19.3 Å². The molecule has 1 saturated carbocycles. The third-order valence-electron chi connectivity index (χ3n) is 6.70. The molecule has 4 aliphatic rings. The quantitative estimate of drug-likeness (QED) is 0.798. The first kappa shape index (κ1) is 17.5. The zero-order valence-electron chi connectivity index (χ0n) is 16.2. The zero-order valence-corrected chi connectivity index (χ0v) is 16.2. The molecule has 1 amide bonds. The van der Waals surface area contributed by atoms with Crippen LogP contribution in [0.15, 0.2) is 18.2 Å². The molecule has 1 aliphatic carbocycles. The Kier molecular flexibility index (Phi) is 4.37. The molecule has 0 radical (unpaired) electrons. The molecule has 0 bridgehead atoms. The Balaban J connectivity index is 1.27. The van der Waals surface area contributed by atoms with Crippen molar-refractivity contribution in [3.8, 4) is 5.75 Å². The number of nitrogens with zero attached hydrogens (tertiary/aromatic N) is 3. The standard InChI is InChI=1S/C21H29N3O3/c1-22-11-12-24(20(25)14-22)18-5-6-19-16(13-18)15-26-21(27-19)7-9-23(10-8-21)17-3-2-4-17/h5-6,13,17H,2-4,7-12,14-15H2,1H3. The fourth-order valence-corrected chi connectivity index (χ4v) is 4.68. The molecule has 3 fully saturated rings. The average Bonchev–Trinajstić information content (AvgIpc) is 2.62. The highest BCUT2D eigenvalue weighted by Gasteiger charge is 2.42. The van der Waals surface area contributed by atoms with Gasteiger partial charge < -0.3 is 14.4 Å². The van der Waals surface area contributed by atoms with Crippen molar-refractivity contribution in [2.24, 2.45) is 0 Å². The van der Waals surface area contributed by atoms with Crippen LogP contribution in [0.5, 0.6) is 5.75 Å². The van der Waals surface area contributed by atoms with E-state index in [2.05, 4.69) is 15.9 Å². The number of ether oxygens (including phenoxy) is 2. The van der Waals surface area contributed by atoms with Gasteiger partial charge >= 0.3 is 0 Å². The molecule has 6 heteroatoms. The van der Waals surface area contributed by atoms with E-state index in [4.69, 9.17) is 9.47 Å². The van der Waals surface area contributed by atoms with Gasteiger partial charge in [-0.3, -0.25) is 14.6 Å². The van der Waals surface area contributed by atoms with Crippen molar-refractivity contribution in [1.29, 1.82) is 0 Å². The predicted octanol–water partition coefficient (Wildman–Crippen LogP) is 2.22. The number of anilines is 1. The second kappa shape index (κ2) is 6.76. The van der Waals surface area contributed by atoms with Crippen LogP contribution >= 0.6 is 0 Å². The zero-order chi connectivity index (χ0) is 18.4. The molecule has 0 atom stereocenters. The number of rotatable bonds is 2. The molecule has 1 aromatic carbocycles. The van der Waals surface area contributed by atoms with Crippen molar-refractivity contribution >= 4 is 11.6 Å². The molecule has 146 valence electrons. The van der Waals surface area contributed by atoms with E-state index in [0.29, 0.717) is 13.2 Å². The molecular weight excluding hydrogens is 342 g/mol. The lowest BCUT2D eigenvalue weighted by atomic mass is 9.89. The maximum atomic E-state index is 12.3. The number of hydrogen-bond donors (Lipinski definition) is 0. The number of piperidine rings is 1.